The molecule has 1 aliphatic heterocycles. The Hall–Kier alpha value is -1.05. The molecule has 0 aromatic heterocycles. The maximum absolute atomic E-state index is 12.0. The van der Waals surface area contributed by atoms with E-state index in [1.54, 1.807) is 43.3 Å². The average molecular weight is 329 g/mol. The average Bonchev–Trinajstić information content (AvgIpc) is 2.47. The van der Waals surface area contributed by atoms with Crippen LogP contribution in [-0.2, 0) is 14.4 Å². The summed E-state index contributed by atoms with van der Waals surface area (Å²) in [4.78, 5) is 0. The third-order valence-electron chi connectivity index (χ3n) is 3.03. The zero-order valence-electron chi connectivity index (χ0n) is 11.5. The number of ether oxygens (including phenoxy) is 1. The van der Waals surface area contributed by atoms with E-state index in [2.05, 4.69) is 0 Å². The molecule has 0 unspecified atom stereocenters. The van der Waals surface area contributed by atoms with E-state index in [0.29, 0.717) is 29.3 Å². The molecule has 2 aromatic carbocycles. The molecule has 0 saturated carbocycles. The van der Waals surface area contributed by atoms with Gasteiger partial charge in [-0.15, -0.1) is 4.28 Å². The number of hydrogen-bond donors (Lipinski definition) is 0. The summed E-state index contributed by atoms with van der Waals surface area (Å²) in [7, 11) is -3.65. The molecule has 7 heteroatoms. The summed E-state index contributed by atoms with van der Waals surface area (Å²) in [6.07, 6.45) is 0.496. The first-order valence-electron chi connectivity index (χ1n) is 6.69. The van der Waals surface area contributed by atoms with Gasteiger partial charge in [-0.1, -0.05) is 31.2 Å². The Balaban J connectivity index is 0.00000176. The number of rotatable bonds is 4. The molecule has 0 bridgehead atoms. The van der Waals surface area contributed by atoms with Crippen molar-refractivity contribution in [2.75, 3.05) is 10.8 Å². The maximum atomic E-state index is 12.0. The van der Waals surface area contributed by atoms with Crippen molar-refractivity contribution in [2.24, 2.45) is 0 Å². The van der Waals surface area contributed by atoms with Gasteiger partial charge < -0.3 is 4.74 Å². The quantitative estimate of drug-likeness (QED) is 0.807. The van der Waals surface area contributed by atoms with Crippen molar-refractivity contribution in [1.29, 1.82) is 0 Å². The van der Waals surface area contributed by atoms with Crippen LogP contribution in [0.25, 0.3) is 0 Å². The Morgan fingerprint density at radius 2 is 1.50 bits per heavy atom. The second kappa shape index (κ2) is 7.02. The third kappa shape index (κ3) is 3.47. The summed E-state index contributed by atoms with van der Waals surface area (Å²) in [5, 5.41) is 1.32. The molecule has 0 amide bonds. The molecule has 1 heterocycles. The molecule has 5 nitrogen and oxygen atoms in total. The van der Waals surface area contributed by atoms with Gasteiger partial charge in [0.2, 0.25) is 0 Å². The first kappa shape index (κ1) is 17.3. The third-order valence-corrected chi connectivity index (χ3v) is 4.31. The van der Waals surface area contributed by atoms with E-state index in [9.17, 15) is 8.42 Å². The molecule has 3 rings (SSSR count). The summed E-state index contributed by atoms with van der Waals surface area (Å²) in [5.41, 5.74) is 1.13. The monoisotopic (exact) mass is 329 g/mol. The normalized spacial score (nSPS) is 12.7. The van der Waals surface area contributed by atoms with Gasteiger partial charge in [0.15, 0.2) is 11.5 Å². The van der Waals surface area contributed by atoms with Crippen LogP contribution in [0.3, 0.4) is 0 Å². The number of fused-ring (bicyclic) bond motifs is 2. The van der Waals surface area contributed by atoms with Crippen LogP contribution in [0.5, 0.6) is 11.5 Å². The molecule has 0 spiro atoms. The van der Waals surface area contributed by atoms with Crippen LogP contribution in [-0.4, -0.2) is 43.7 Å². The van der Waals surface area contributed by atoms with Crippen molar-refractivity contribution in [2.45, 2.75) is 13.3 Å². The van der Waals surface area contributed by atoms with E-state index in [1.165, 1.54) is 5.06 Å². The molecule has 0 aliphatic carbocycles. The van der Waals surface area contributed by atoms with Gasteiger partial charge in [-0.3, -0.25) is 0 Å². The molecule has 0 N–H and O–H groups in total. The summed E-state index contributed by atoms with van der Waals surface area (Å²) in [6.45, 7) is 1.79. The van der Waals surface area contributed by atoms with E-state index < -0.39 is 10.1 Å². The molecular formula is C15H16NNaO4S. The zero-order chi connectivity index (χ0) is 14.9. The number of hydrogen-bond acceptors (Lipinski definition) is 5. The summed E-state index contributed by atoms with van der Waals surface area (Å²) >= 11 is 0. The van der Waals surface area contributed by atoms with Crippen molar-refractivity contribution in [3.05, 3.63) is 48.5 Å². The standard InChI is InChI=1S/C15H15NO4S.Na.H/c1-2-11-21(17,18)20-16-12-7-3-5-9-14(12)19-15-10-6-4-8-13(15)16;;/h3-10H,2,11H2,1H3;;. The molecule has 0 saturated heterocycles. The number of nitrogens with zero attached hydrogens (tertiary/aromatic N) is 1. The van der Waals surface area contributed by atoms with Gasteiger partial charge in [0.05, 0.1) is 5.75 Å². The van der Waals surface area contributed by atoms with Crippen LogP contribution in [0.1, 0.15) is 13.3 Å². The fourth-order valence-electron chi connectivity index (χ4n) is 2.15. The van der Waals surface area contributed by atoms with Gasteiger partial charge in [-0.25, -0.2) is 0 Å². The minimum absolute atomic E-state index is 0. The Morgan fingerprint density at radius 3 is 2.00 bits per heavy atom. The SMILES string of the molecule is CCCS(=O)(=O)ON1c2ccccc2Oc2ccccc21.[NaH]. The molecular weight excluding hydrogens is 313 g/mol. The molecule has 0 radical (unpaired) electrons. The van der Waals surface area contributed by atoms with Crippen LogP contribution in [0, 0.1) is 0 Å². The van der Waals surface area contributed by atoms with Gasteiger partial charge >= 0.3 is 29.6 Å². The first-order chi connectivity index (χ1) is 10.1. The van der Waals surface area contributed by atoms with Gasteiger partial charge in [-0.05, 0) is 30.7 Å². The predicted octanol–water partition coefficient (Wildman–Crippen LogP) is 2.95. The van der Waals surface area contributed by atoms with Crippen molar-refractivity contribution >= 4 is 51.1 Å². The molecule has 2 aromatic rings. The Bertz CT molecular complexity index is 718. The van der Waals surface area contributed by atoms with Gasteiger partial charge in [0, 0.05) is 0 Å². The molecule has 0 atom stereocenters. The number of anilines is 2. The van der Waals surface area contributed by atoms with Crippen molar-refractivity contribution < 1.29 is 17.4 Å². The molecule has 112 valence electrons. The number of benzene rings is 2. The van der Waals surface area contributed by atoms with Crippen molar-refractivity contribution in [1.82, 2.24) is 0 Å². The van der Waals surface area contributed by atoms with E-state index in [0.717, 1.165) is 0 Å². The Kier molecular flexibility index (Phi) is 5.52. The van der Waals surface area contributed by atoms with Gasteiger partial charge in [-0.2, -0.15) is 13.5 Å². The number of para-hydroxylation sites is 4. The van der Waals surface area contributed by atoms with Crippen LogP contribution < -0.4 is 9.80 Å². The van der Waals surface area contributed by atoms with Crippen molar-refractivity contribution in [3.63, 3.8) is 0 Å². The van der Waals surface area contributed by atoms with Crippen LogP contribution in [0.4, 0.5) is 11.4 Å². The Labute approximate surface area is 152 Å². The van der Waals surface area contributed by atoms with E-state index in [1.807, 2.05) is 12.1 Å². The summed E-state index contributed by atoms with van der Waals surface area (Å²) < 4.78 is 35.1. The molecule has 1 aliphatic rings. The van der Waals surface area contributed by atoms with E-state index >= 15 is 0 Å². The second-order valence-electron chi connectivity index (χ2n) is 4.67. The van der Waals surface area contributed by atoms with E-state index in [-0.39, 0.29) is 35.3 Å². The fraction of sp³-hybridized carbons (Fsp3) is 0.200. The van der Waals surface area contributed by atoms with Crippen LogP contribution in [0.2, 0.25) is 0 Å². The predicted molar refractivity (Wildman–Crippen MR) is 87.4 cm³/mol. The van der Waals surface area contributed by atoms with Gasteiger partial charge in [0.25, 0.3) is 10.1 Å². The van der Waals surface area contributed by atoms with Gasteiger partial charge in [0.1, 0.15) is 11.4 Å². The zero-order valence-corrected chi connectivity index (χ0v) is 12.3. The molecule has 0 fully saturated rings. The van der Waals surface area contributed by atoms with Crippen molar-refractivity contribution in [3.8, 4) is 11.5 Å². The van der Waals surface area contributed by atoms with Crippen LogP contribution in [0.15, 0.2) is 48.5 Å². The summed E-state index contributed by atoms with van der Waals surface area (Å²) in [6, 6.07) is 14.3. The van der Waals surface area contributed by atoms with E-state index in [4.69, 9.17) is 9.02 Å². The molecule has 22 heavy (non-hydrogen) atoms. The minimum atomic E-state index is -3.65. The fourth-order valence-corrected chi connectivity index (χ4v) is 3.11. The summed E-state index contributed by atoms with van der Waals surface area (Å²) in [5.74, 6) is 1.08. The van der Waals surface area contributed by atoms with Crippen LogP contribution >= 0.6 is 0 Å². The second-order valence-corrected chi connectivity index (χ2v) is 6.34. The first-order valence-corrected chi connectivity index (χ1v) is 8.27. The Morgan fingerprint density at radius 1 is 1.00 bits per heavy atom. The topological polar surface area (TPSA) is 55.8 Å².